The molecular formula is C21H19FN4O3S. The lowest BCUT2D eigenvalue weighted by atomic mass is 10.1. The molecule has 0 N–H and O–H groups in total. The van der Waals surface area contributed by atoms with Gasteiger partial charge in [-0.3, -0.25) is 4.99 Å². The van der Waals surface area contributed by atoms with Crippen LogP contribution in [0.2, 0.25) is 0 Å². The number of sulfone groups is 1. The van der Waals surface area contributed by atoms with Crippen molar-refractivity contribution < 1.29 is 17.5 Å². The number of halogens is 1. The highest BCUT2D eigenvalue weighted by molar-refractivity contribution is 7.90. The van der Waals surface area contributed by atoms with Gasteiger partial charge in [0.1, 0.15) is 34.8 Å². The highest BCUT2D eigenvalue weighted by atomic mass is 32.2. The van der Waals surface area contributed by atoms with E-state index in [2.05, 4.69) is 9.98 Å². The van der Waals surface area contributed by atoms with Crippen LogP contribution in [0.5, 0.6) is 11.5 Å². The molecule has 30 heavy (non-hydrogen) atoms. The number of hydrogen-bond donors (Lipinski definition) is 0. The molecule has 0 fully saturated rings. The molecule has 0 aromatic heterocycles. The van der Waals surface area contributed by atoms with Gasteiger partial charge in [-0.25, -0.2) is 17.8 Å². The number of rotatable bonds is 6. The molecule has 154 valence electrons. The third kappa shape index (κ3) is 3.78. The summed E-state index contributed by atoms with van der Waals surface area (Å²) >= 11 is 0. The number of nitriles is 1. The van der Waals surface area contributed by atoms with Crippen LogP contribution < -0.4 is 4.74 Å². The molecule has 2 aromatic carbocycles. The molecule has 0 amide bonds. The Balaban J connectivity index is 1.69. The minimum Gasteiger partial charge on any atom is -0.456 e. The predicted molar refractivity (Wildman–Crippen MR) is 112 cm³/mol. The molecule has 2 aromatic rings. The van der Waals surface area contributed by atoms with E-state index in [4.69, 9.17) is 4.74 Å². The van der Waals surface area contributed by atoms with Gasteiger partial charge >= 0.3 is 0 Å². The Kier molecular flexibility index (Phi) is 5.26. The number of hydrogen-bond acceptors (Lipinski definition) is 7. The molecule has 9 heteroatoms. The van der Waals surface area contributed by atoms with Gasteiger partial charge in [-0.05, 0) is 36.8 Å². The summed E-state index contributed by atoms with van der Waals surface area (Å²) in [5.41, 5.74) is 1.27. The summed E-state index contributed by atoms with van der Waals surface area (Å²) in [7, 11) is -3.54. The normalized spacial score (nSPS) is 14.7. The molecule has 0 saturated carbocycles. The topological polar surface area (TPSA) is 95.1 Å². The first-order chi connectivity index (χ1) is 14.4. The Bertz CT molecular complexity index is 1220. The summed E-state index contributed by atoms with van der Waals surface area (Å²) in [4.78, 5) is 10.8. The van der Waals surface area contributed by atoms with Crippen LogP contribution in [-0.2, 0) is 15.6 Å². The third-order valence-electron chi connectivity index (χ3n) is 4.86. The Morgan fingerprint density at radius 1 is 1.30 bits per heavy atom. The quantitative estimate of drug-likeness (QED) is 0.704. The smallest absolute Gasteiger partial charge is 0.154 e. The molecule has 0 unspecified atom stereocenters. The van der Waals surface area contributed by atoms with E-state index in [9.17, 15) is 18.1 Å². The Hall–Kier alpha value is -3.25. The lowest BCUT2D eigenvalue weighted by Gasteiger charge is -2.21. The molecule has 0 atom stereocenters. The molecule has 4 rings (SSSR count). The van der Waals surface area contributed by atoms with Gasteiger partial charge in [0, 0.05) is 17.7 Å². The van der Waals surface area contributed by atoms with Crippen LogP contribution in [0, 0.1) is 17.1 Å². The SMILES string of the molecule is CCCS(=O)(=O)Cc1c(F)ccc(Oc2ccc3c(c2)C2=NCCN2C=N3)c1C#N. The van der Waals surface area contributed by atoms with Gasteiger partial charge in [0.05, 0.1) is 30.1 Å². The first kappa shape index (κ1) is 20.0. The standard InChI is InChI=1S/C21H19FN4O3S/c1-2-9-30(27,28)12-17-16(11-23)20(6-4-18(17)22)29-14-3-5-19-15(10-14)21-24-7-8-26(21)13-25-19/h3-6,10,13H,2,7-9,12H2,1H3. The number of amidine groups is 1. The van der Waals surface area contributed by atoms with Gasteiger partial charge in [-0.15, -0.1) is 0 Å². The molecule has 2 aliphatic heterocycles. The summed E-state index contributed by atoms with van der Waals surface area (Å²) in [6.45, 7) is 3.17. The van der Waals surface area contributed by atoms with Crippen LogP contribution in [0.1, 0.15) is 30.0 Å². The second-order valence-electron chi connectivity index (χ2n) is 7.03. The third-order valence-corrected chi connectivity index (χ3v) is 6.61. The van der Waals surface area contributed by atoms with Gasteiger partial charge in [0.25, 0.3) is 0 Å². The van der Waals surface area contributed by atoms with E-state index in [1.54, 1.807) is 31.5 Å². The highest BCUT2D eigenvalue weighted by Crippen LogP contribution is 2.34. The second-order valence-corrected chi connectivity index (χ2v) is 9.21. The average Bonchev–Trinajstić information content (AvgIpc) is 3.20. The van der Waals surface area contributed by atoms with Crippen LogP contribution in [0.3, 0.4) is 0 Å². The van der Waals surface area contributed by atoms with Crippen molar-refractivity contribution >= 4 is 27.7 Å². The van der Waals surface area contributed by atoms with E-state index >= 15 is 0 Å². The van der Waals surface area contributed by atoms with Gasteiger partial charge in [-0.1, -0.05) is 6.92 Å². The molecule has 0 bridgehead atoms. The van der Waals surface area contributed by atoms with Crippen LogP contribution in [-0.4, -0.2) is 44.3 Å². The second kappa shape index (κ2) is 7.88. The fraction of sp³-hybridized carbons (Fsp3) is 0.286. The molecule has 2 aliphatic rings. The molecule has 0 aliphatic carbocycles. The summed E-state index contributed by atoms with van der Waals surface area (Å²) in [6, 6.07) is 9.60. The molecule has 0 spiro atoms. The summed E-state index contributed by atoms with van der Waals surface area (Å²) in [6.07, 6.45) is 2.16. The van der Waals surface area contributed by atoms with Crippen molar-refractivity contribution in [2.24, 2.45) is 9.98 Å². The van der Waals surface area contributed by atoms with Gasteiger partial charge < -0.3 is 9.64 Å². The van der Waals surface area contributed by atoms with Crippen molar-refractivity contribution in [1.29, 1.82) is 5.26 Å². The van der Waals surface area contributed by atoms with Crippen molar-refractivity contribution in [3.05, 3.63) is 52.8 Å². The number of aliphatic imine (C=N–C) groups is 2. The molecule has 2 heterocycles. The first-order valence-corrected chi connectivity index (χ1v) is 11.3. The maximum absolute atomic E-state index is 14.4. The van der Waals surface area contributed by atoms with E-state index in [-0.39, 0.29) is 22.6 Å². The number of ether oxygens (including phenoxy) is 1. The van der Waals surface area contributed by atoms with Gasteiger partial charge in [0.2, 0.25) is 0 Å². The Morgan fingerprint density at radius 2 is 2.13 bits per heavy atom. The average molecular weight is 426 g/mol. The van der Waals surface area contributed by atoms with Gasteiger partial charge in [0.15, 0.2) is 9.84 Å². The lowest BCUT2D eigenvalue weighted by molar-refractivity contribution is 0.477. The summed E-state index contributed by atoms with van der Waals surface area (Å²) in [5.74, 6) is -0.0364. The highest BCUT2D eigenvalue weighted by Gasteiger charge is 2.25. The largest absolute Gasteiger partial charge is 0.456 e. The fourth-order valence-electron chi connectivity index (χ4n) is 3.49. The maximum Gasteiger partial charge on any atom is 0.154 e. The van der Waals surface area contributed by atoms with Crippen molar-refractivity contribution in [3.63, 3.8) is 0 Å². The Labute approximate surface area is 174 Å². The zero-order valence-corrected chi connectivity index (χ0v) is 17.1. The molecule has 7 nitrogen and oxygen atoms in total. The van der Waals surface area contributed by atoms with E-state index in [1.807, 2.05) is 11.0 Å². The van der Waals surface area contributed by atoms with E-state index < -0.39 is 21.4 Å². The number of benzene rings is 2. The number of fused-ring (bicyclic) bond motifs is 3. The van der Waals surface area contributed by atoms with E-state index in [0.29, 0.717) is 18.7 Å². The molecule has 0 radical (unpaired) electrons. The summed E-state index contributed by atoms with van der Waals surface area (Å²) in [5, 5.41) is 9.61. The molecular weight excluding hydrogens is 407 g/mol. The zero-order chi connectivity index (χ0) is 21.3. The lowest BCUT2D eigenvalue weighted by Crippen LogP contribution is -2.29. The zero-order valence-electron chi connectivity index (χ0n) is 16.3. The summed E-state index contributed by atoms with van der Waals surface area (Å²) < 4.78 is 44.7. The van der Waals surface area contributed by atoms with Crippen LogP contribution in [0.15, 0.2) is 40.3 Å². The van der Waals surface area contributed by atoms with Crippen LogP contribution in [0.25, 0.3) is 0 Å². The minimum atomic E-state index is -3.54. The van der Waals surface area contributed by atoms with E-state index in [0.717, 1.165) is 29.7 Å². The minimum absolute atomic E-state index is 0.0770. The predicted octanol–water partition coefficient (Wildman–Crippen LogP) is 3.55. The van der Waals surface area contributed by atoms with Crippen molar-refractivity contribution in [2.75, 3.05) is 18.8 Å². The number of nitrogens with zero attached hydrogens (tertiary/aromatic N) is 4. The monoisotopic (exact) mass is 426 g/mol. The van der Waals surface area contributed by atoms with Crippen molar-refractivity contribution in [2.45, 2.75) is 19.1 Å². The van der Waals surface area contributed by atoms with Crippen LogP contribution in [0.4, 0.5) is 10.1 Å². The Morgan fingerprint density at radius 3 is 2.90 bits per heavy atom. The van der Waals surface area contributed by atoms with Gasteiger partial charge in [-0.2, -0.15) is 5.26 Å². The first-order valence-electron chi connectivity index (χ1n) is 9.51. The van der Waals surface area contributed by atoms with Crippen LogP contribution >= 0.6 is 0 Å². The fourth-order valence-corrected chi connectivity index (χ4v) is 4.98. The molecule has 0 saturated heterocycles. The van der Waals surface area contributed by atoms with E-state index in [1.165, 1.54) is 6.07 Å². The van der Waals surface area contributed by atoms with Crippen molar-refractivity contribution in [3.8, 4) is 17.6 Å². The maximum atomic E-state index is 14.4. The van der Waals surface area contributed by atoms with Crippen molar-refractivity contribution in [1.82, 2.24) is 4.90 Å².